The molecule has 0 spiro atoms. The topological polar surface area (TPSA) is 16.2 Å². The van der Waals surface area contributed by atoms with Gasteiger partial charge in [-0.2, -0.15) is 0 Å². The lowest BCUT2D eigenvalue weighted by Gasteiger charge is -2.47. The summed E-state index contributed by atoms with van der Waals surface area (Å²) in [5, 5.41) is 0. The highest BCUT2D eigenvalue weighted by molar-refractivity contribution is 8.00. The standard InChI is InChI=1S/C96H65B2N5S/c1-9-34-66(35-10-1)76-50-25-29-56-84(76)101-87-65-88-83(98-81-55-28-32-59-92(81)104-93-63-75(100(72-46-21-7-22-47-72)73-48-23-8-24-49-73)62-91(95(93)98)102(88)85-57-30-26-51-77(85)67-36-11-2-12-37-67)64-82(87)97-80-54-27-31-58-86(80)103(96-78(68-38-13-3-14-39-68)52-33-53-79(96)69-40-15-4-16-41-69)90-61-74(60-89(101)94(90)97)99(70-42-17-5-18-43-70)71-44-19-6-20-45-71/h1-65H. The van der Waals surface area contributed by atoms with Gasteiger partial charge in [-0.1, -0.05) is 308 Å². The van der Waals surface area contributed by atoms with Crippen molar-refractivity contribution in [2.75, 3.05) is 24.5 Å². The van der Waals surface area contributed by atoms with Crippen LogP contribution in [-0.4, -0.2) is 13.4 Å². The fourth-order valence-electron chi connectivity index (χ4n) is 16.9. The summed E-state index contributed by atoms with van der Waals surface area (Å²) in [4.78, 5) is 15.3. The summed E-state index contributed by atoms with van der Waals surface area (Å²) < 4.78 is 0. The van der Waals surface area contributed by atoms with Crippen LogP contribution >= 0.6 is 11.8 Å². The lowest BCUT2D eigenvalue weighted by atomic mass is 9.30. The Balaban J connectivity index is 0.944. The van der Waals surface area contributed by atoms with Gasteiger partial charge in [-0.05, 0) is 153 Å². The lowest BCUT2D eigenvalue weighted by Crippen LogP contribution is -2.64. The minimum absolute atomic E-state index is 0.158. The van der Waals surface area contributed by atoms with E-state index in [-0.39, 0.29) is 13.4 Å². The van der Waals surface area contributed by atoms with Crippen molar-refractivity contribution in [1.29, 1.82) is 0 Å². The van der Waals surface area contributed by atoms with Gasteiger partial charge in [0.25, 0.3) is 6.71 Å². The molecule has 4 aliphatic heterocycles. The molecule has 16 aromatic rings. The van der Waals surface area contributed by atoms with Crippen LogP contribution in [0.5, 0.6) is 0 Å². The highest BCUT2D eigenvalue weighted by atomic mass is 32.2. The van der Waals surface area contributed by atoms with Crippen molar-refractivity contribution in [3.63, 3.8) is 0 Å². The van der Waals surface area contributed by atoms with Crippen LogP contribution in [0.3, 0.4) is 0 Å². The molecule has 5 nitrogen and oxygen atoms in total. The molecular weight excluding hydrogens is 1280 g/mol. The Kier molecular flexibility index (Phi) is 15.0. The zero-order chi connectivity index (χ0) is 68.6. The number of rotatable bonds is 13. The Bertz CT molecular complexity index is 5800. The van der Waals surface area contributed by atoms with E-state index in [0.29, 0.717) is 0 Å². The van der Waals surface area contributed by atoms with Crippen molar-refractivity contribution >= 4 is 143 Å². The summed E-state index contributed by atoms with van der Waals surface area (Å²) >= 11 is 1.89. The van der Waals surface area contributed by atoms with E-state index in [1.54, 1.807) is 0 Å². The summed E-state index contributed by atoms with van der Waals surface area (Å²) in [6, 6.07) is 146. The first-order valence-electron chi connectivity index (χ1n) is 35.8. The molecule has 0 N–H and O–H groups in total. The molecule has 16 aromatic carbocycles. The average Bonchev–Trinajstić information content (AvgIpc) is 0.713. The molecule has 0 fully saturated rings. The molecular formula is C96H65B2N5S. The van der Waals surface area contributed by atoms with Crippen LogP contribution in [0, 0.1) is 0 Å². The Hall–Kier alpha value is -13.0. The van der Waals surface area contributed by atoms with Gasteiger partial charge in [0.1, 0.15) is 0 Å². The largest absolute Gasteiger partial charge is 0.311 e. The summed E-state index contributed by atoms with van der Waals surface area (Å²) in [6.07, 6.45) is 0. The Morgan fingerprint density at radius 3 is 1.00 bits per heavy atom. The number of benzene rings is 16. The molecule has 486 valence electrons. The van der Waals surface area contributed by atoms with E-state index in [1.807, 2.05) is 11.8 Å². The summed E-state index contributed by atoms with van der Waals surface area (Å²) in [6.45, 7) is -0.423. The van der Waals surface area contributed by atoms with E-state index in [4.69, 9.17) is 0 Å². The first-order valence-corrected chi connectivity index (χ1v) is 36.6. The van der Waals surface area contributed by atoms with Gasteiger partial charge in [-0.3, -0.25) is 0 Å². The third-order valence-corrected chi connectivity index (χ3v) is 22.4. The predicted octanol–water partition coefficient (Wildman–Crippen LogP) is 22.1. The average molecular weight is 1340 g/mol. The molecule has 0 bridgehead atoms. The zero-order valence-corrected chi connectivity index (χ0v) is 57.6. The second-order valence-corrected chi connectivity index (χ2v) is 28.1. The summed E-state index contributed by atoms with van der Waals surface area (Å²) in [7, 11) is 0. The van der Waals surface area contributed by atoms with Crippen LogP contribution in [-0.2, 0) is 0 Å². The number of anilines is 15. The Morgan fingerprint density at radius 1 is 0.202 bits per heavy atom. The molecule has 0 aromatic heterocycles. The minimum atomic E-state index is -0.264. The number of hydrogen-bond acceptors (Lipinski definition) is 6. The van der Waals surface area contributed by atoms with Crippen molar-refractivity contribution in [3.8, 4) is 44.5 Å². The van der Waals surface area contributed by atoms with Crippen molar-refractivity contribution in [2.24, 2.45) is 0 Å². The van der Waals surface area contributed by atoms with E-state index >= 15 is 0 Å². The minimum Gasteiger partial charge on any atom is -0.311 e. The predicted molar refractivity (Wildman–Crippen MR) is 441 cm³/mol. The Morgan fingerprint density at radius 2 is 0.538 bits per heavy atom. The fourth-order valence-corrected chi connectivity index (χ4v) is 18.1. The molecule has 4 heterocycles. The van der Waals surface area contributed by atoms with Gasteiger partial charge >= 0.3 is 0 Å². The van der Waals surface area contributed by atoms with Crippen molar-refractivity contribution in [1.82, 2.24) is 0 Å². The van der Waals surface area contributed by atoms with E-state index in [1.165, 1.54) is 42.6 Å². The van der Waals surface area contributed by atoms with Gasteiger partial charge in [0.05, 0.1) is 22.7 Å². The number of fused-ring (bicyclic) bond motifs is 8. The van der Waals surface area contributed by atoms with Gasteiger partial charge in [0, 0.05) is 94.6 Å². The smallest absolute Gasteiger partial charge is 0.252 e. The number of nitrogens with zero attached hydrogens (tertiary/aromatic N) is 5. The maximum absolute atomic E-state index is 2.67. The third kappa shape index (κ3) is 10.1. The van der Waals surface area contributed by atoms with Crippen LogP contribution in [0.2, 0.25) is 0 Å². The highest BCUT2D eigenvalue weighted by Gasteiger charge is 2.49. The second kappa shape index (κ2) is 25.6. The number of para-hydroxylation sites is 8. The summed E-state index contributed by atoms with van der Waals surface area (Å²) in [5.41, 5.74) is 32.9. The van der Waals surface area contributed by atoms with Crippen molar-refractivity contribution in [3.05, 3.63) is 394 Å². The first-order chi connectivity index (χ1) is 51.7. The molecule has 0 unspecified atom stereocenters. The molecule has 104 heavy (non-hydrogen) atoms. The van der Waals surface area contributed by atoms with Gasteiger partial charge in [-0.25, -0.2) is 0 Å². The molecule has 0 radical (unpaired) electrons. The van der Waals surface area contributed by atoms with Crippen LogP contribution in [0.25, 0.3) is 44.5 Å². The first kappa shape index (κ1) is 60.9. The number of hydrogen-bond donors (Lipinski definition) is 0. The van der Waals surface area contributed by atoms with Crippen molar-refractivity contribution in [2.45, 2.75) is 9.79 Å². The molecule has 20 rings (SSSR count). The van der Waals surface area contributed by atoms with Gasteiger partial charge in [0.2, 0.25) is 6.71 Å². The Labute approximate surface area is 612 Å². The van der Waals surface area contributed by atoms with Gasteiger partial charge in [0.15, 0.2) is 0 Å². The molecule has 0 saturated carbocycles. The molecule has 0 saturated heterocycles. The van der Waals surface area contributed by atoms with Gasteiger partial charge in [-0.15, -0.1) is 0 Å². The normalized spacial score (nSPS) is 12.7. The van der Waals surface area contributed by atoms with Crippen molar-refractivity contribution < 1.29 is 0 Å². The lowest BCUT2D eigenvalue weighted by molar-refractivity contribution is 1.21. The maximum Gasteiger partial charge on any atom is 0.252 e. The van der Waals surface area contributed by atoms with E-state index in [0.717, 1.165) is 130 Å². The van der Waals surface area contributed by atoms with E-state index in [9.17, 15) is 0 Å². The van der Waals surface area contributed by atoms with Crippen LogP contribution < -0.4 is 57.3 Å². The van der Waals surface area contributed by atoms with Crippen LogP contribution in [0.4, 0.5) is 85.3 Å². The molecule has 8 heteroatoms. The molecule has 0 aliphatic carbocycles. The molecule has 0 amide bonds. The second-order valence-electron chi connectivity index (χ2n) is 27.0. The van der Waals surface area contributed by atoms with Crippen LogP contribution in [0.15, 0.2) is 404 Å². The highest BCUT2D eigenvalue weighted by Crippen LogP contribution is 2.55. The van der Waals surface area contributed by atoms with Gasteiger partial charge < -0.3 is 24.5 Å². The molecule has 4 aliphatic rings. The fraction of sp³-hybridized carbons (Fsp3) is 0. The zero-order valence-electron chi connectivity index (χ0n) is 56.8. The van der Waals surface area contributed by atoms with E-state index in [2.05, 4.69) is 419 Å². The maximum atomic E-state index is 2.67. The SMILES string of the molecule is c1ccc(-c2ccccc2N2c3cc4c(cc3B3c5ccccc5Sc5cc(N(c6ccccc6)c6ccccc6)cc2c53)B2c3ccccc3N(c3c(-c5ccccc5)cccc3-c3ccccc3)c3cc(N(c5ccccc5)c5ccccc5)cc(c32)N4c2ccccc2-c2ccccc2)cc1. The quantitative estimate of drug-likeness (QED) is 0.106. The van der Waals surface area contributed by atoms with Crippen LogP contribution in [0.1, 0.15) is 0 Å². The summed E-state index contributed by atoms with van der Waals surface area (Å²) in [5.74, 6) is 0. The van der Waals surface area contributed by atoms with E-state index < -0.39 is 0 Å². The third-order valence-electron chi connectivity index (χ3n) is 21.2. The monoisotopic (exact) mass is 1340 g/mol. The molecule has 0 atom stereocenters.